The molecule has 0 saturated carbocycles. The Hall–Kier alpha value is -2.34. The van der Waals surface area contributed by atoms with Crippen LogP contribution in [0, 0.1) is 19.8 Å². The molecule has 29 heavy (non-hydrogen) atoms. The lowest BCUT2D eigenvalue weighted by Crippen LogP contribution is -2.51. The average Bonchev–Trinajstić information content (AvgIpc) is 2.74. The van der Waals surface area contributed by atoms with E-state index in [4.69, 9.17) is 9.15 Å². The summed E-state index contributed by atoms with van der Waals surface area (Å²) in [4.78, 5) is 26.8. The van der Waals surface area contributed by atoms with Gasteiger partial charge >= 0.3 is 5.63 Å². The van der Waals surface area contributed by atoms with Crippen molar-refractivity contribution in [2.45, 2.75) is 52.0 Å². The van der Waals surface area contributed by atoms with Crippen LogP contribution in [0.25, 0.3) is 11.0 Å². The smallest absolute Gasteiger partial charge is 0.339 e. The Balaban J connectivity index is 1.32. The number of ether oxygens (including phenoxy) is 1. The molecular weight excluding hydrogens is 368 g/mol. The quantitative estimate of drug-likeness (QED) is 0.784. The van der Waals surface area contributed by atoms with Crippen molar-refractivity contribution in [2.24, 2.45) is 5.92 Å². The Morgan fingerprint density at radius 3 is 2.86 bits per heavy atom. The number of nitrogens with one attached hydrogen (secondary N) is 1. The molecule has 1 aromatic heterocycles. The number of nitrogens with zero attached hydrogens (tertiary/aromatic N) is 1. The lowest BCUT2D eigenvalue weighted by atomic mass is 9.83. The summed E-state index contributed by atoms with van der Waals surface area (Å²) in [5.74, 6) is 0.948. The third kappa shape index (κ3) is 4.32. The minimum Gasteiger partial charge on any atom is -0.484 e. The molecule has 2 fully saturated rings. The second-order valence-electron chi connectivity index (χ2n) is 8.39. The van der Waals surface area contributed by atoms with Crippen molar-refractivity contribution < 1.29 is 13.9 Å². The fraction of sp³-hybridized carbons (Fsp3) is 0.565. The summed E-state index contributed by atoms with van der Waals surface area (Å²) in [6, 6.07) is 5.97. The second kappa shape index (κ2) is 8.57. The van der Waals surface area contributed by atoms with Crippen LogP contribution in [0.5, 0.6) is 5.75 Å². The molecule has 1 N–H and O–H groups in total. The maximum atomic E-state index is 12.3. The normalized spacial score (nSPS) is 22.3. The standard InChI is InChI=1S/C23H30N2O4/c1-15-16(2)23(27)29-21-12-18(8-9-19(15)21)28-14-22(26)24-13-17-6-5-11-25-10-4-3-7-20(17)25/h8-9,12,17,20H,3-7,10-11,13-14H2,1-2H3,(H,24,26)/t17-,20-/m1/s1. The zero-order valence-electron chi connectivity index (χ0n) is 17.3. The predicted octanol–water partition coefficient (Wildman–Crippen LogP) is 3.17. The molecule has 6 nitrogen and oxygen atoms in total. The molecule has 0 aliphatic carbocycles. The van der Waals surface area contributed by atoms with Crippen LogP contribution in [-0.4, -0.2) is 43.1 Å². The van der Waals surface area contributed by atoms with Gasteiger partial charge in [0, 0.05) is 29.6 Å². The fourth-order valence-corrected chi connectivity index (χ4v) is 4.78. The lowest BCUT2D eigenvalue weighted by Gasteiger charge is -2.44. The van der Waals surface area contributed by atoms with E-state index >= 15 is 0 Å². The molecular formula is C23H30N2O4. The number of hydrogen-bond donors (Lipinski definition) is 1. The van der Waals surface area contributed by atoms with Crippen LogP contribution in [0.15, 0.2) is 27.4 Å². The largest absolute Gasteiger partial charge is 0.484 e. The SMILES string of the molecule is Cc1c(C)c2ccc(OCC(=O)NC[C@H]3CCCN4CCCC[C@H]34)cc2oc1=O. The van der Waals surface area contributed by atoms with Gasteiger partial charge in [-0.1, -0.05) is 6.42 Å². The summed E-state index contributed by atoms with van der Waals surface area (Å²) in [7, 11) is 0. The molecule has 2 aliphatic rings. The fourth-order valence-electron chi connectivity index (χ4n) is 4.78. The number of amides is 1. The van der Waals surface area contributed by atoms with Gasteiger partial charge in [-0.2, -0.15) is 0 Å². The Bertz CT molecular complexity index is 950. The molecule has 3 heterocycles. The molecule has 0 unspecified atom stereocenters. The van der Waals surface area contributed by atoms with Crippen molar-refractivity contribution in [3.8, 4) is 5.75 Å². The molecule has 1 amide bonds. The van der Waals surface area contributed by atoms with Crippen molar-refractivity contribution in [2.75, 3.05) is 26.2 Å². The van der Waals surface area contributed by atoms with Crippen LogP contribution in [0.4, 0.5) is 0 Å². The van der Waals surface area contributed by atoms with Gasteiger partial charge in [-0.15, -0.1) is 0 Å². The van der Waals surface area contributed by atoms with E-state index in [9.17, 15) is 9.59 Å². The van der Waals surface area contributed by atoms with Crippen molar-refractivity contribution in [1.82, 2.24) is 10.2 Å². The van der Waals surface area contributed by atoms with Gasteiger partial charge in [0.05, 0.1) is 0 Å². The van der Waals surface area contributed by atoms with Crippen LogP contribution < -0.4 is 15.7 Å². The van der Waals surface area contributed by atoms with E-state index in [1.54, 1.807) is 13.0 Å². The van der Waals surface area contributed by atoms with Crippen molar-refractivity contribution >= 4 is 16.9 Å². The molecule has 0 bridgehead atoms. The van der Waals surface area contributed by atoms with Gasteiger partial charge in [0.25, 0.3) is 5.91 Å². The number of benzene rings is 1. The minimum atomic E-state index is -0.339. The number of rotatable bonds is 5. The summed E-state index contributed by atoms with van der Waals surface area (Å²) in [6.07, 6.45) is 6.25. The highest BCUT2D eigenvalue weighted by molar-refractivity contribution is 5.82. The van der Waals surface area contributed by atoms with E-state index in [0.29, 0.717) is 35.4 Å². The average molecular weight is 399 g/mol. The molecule has 1 aromatic carbocycles. The first-order chi connectivity index (χ1) is 14.0. The number of fused-ring (bicyclic) bond motifs is 2. The maximum Gasteiger partial charge on any atom is 0.339 e. The van der Waals surface area contributed by atoms with Gasteiger partial charge < -0.3 is 19.4 Å². The summed E-state index contributed by atoms with van der Waals surface area (Å²) in [5, 5.41) is 3.94. The van der Waals surface area contributed by atoms with Crippen molar-refractivity contribution in [3.05, 3.63) is 39.7 Å². The zero-order valence-corrected chi connectivity index (χ0v) is 17.3. The monoisotopic (exact) mass is 398 g/mol. The van der Waals surface area contributed by atoms with Gasteiger partial charge in [0.15, 0.2) is 6.61 Å². The highest BCUT2D eigenvalue weighted by atomic mass is 16.5. The third-order valence-corrected chi connectivity index (χ3v) is 6.59. The van der Waals surface area contributed by atoms with Gasteiger partial charge in [-0.3, -0.25) is 4.79 Å². The number of aryl methyl sites for hydroxylation is 1. The van der Waals surface area contributed by atoms with Gasteiger partial charge in [-0.05, 0) is 76.2 Å². The molecule has 2 aliphatic heterocycles. The molecule has 2 saturated heterocycles. The van der Waals surface area contributed by atoms with E-state index in [1.165, 1.54) is 45.2 Å². The molecule has 2 aromatic rings. The molecule has 6 heteroatoms. The summed E-state index contributed by atoms with van der Waals surface area (Å²) < 4.78 is 11.0. The Morgan fingerprint density at radius 2 is 2.00 bits per heavy atom. The topological polar surface area (TPSA) is 71.8 Å². The van der Waals surface area contributed by atoms with E-state index in [0.717, 1.165) is 10.9 Å². The van der Waals surface area contributed by atoms with E-state index in [-0.39, 0.29) is 18.1 Å². The summed E-state index contributed by atoms with van der Waals surface area (Å²) in [6.45, 7) is 6.75. The summed E-state index contributed by atoms with van der Waals surface area (Å²) in [5.41, 5.74) is 1.67. The molecule has 0 radical (unpaired) electrons. The Labute approximate surface area is 171 Å². The molecule has 4 rings (SSSR count). The first-order valence-corrected chi connectivity index (χ1v) is 10.7. The summed E-state index contributed by atoms with van der Waals surface area (Å²) >= 11 is 0. The van der Waals surface area contributed by atoms with Crippen LogP contribution in [0.2, 0.25) is 0 Å². The lowest BCUT2D eigenvalue weighted by molar-refractivity contribution is -0.123. The molecule has 2 atom stereocenters. The van der Waals surface area contributed by atoms with Crippen LogP contribution in [0.3, 0.4) is 0 Å². The van der Waals surface area contributed by atoms with Crippen LogP contribution >= 0.6 is 0 Å². The third-order valence-electron chi connectivity index (χ3n) is 6.59. The predicted molar refractivity (Wildman–Crippen MR) is 112 cm³/mol. The first kappa shape index (κ1) is 20.0. The number of carbonyl (C=O) groups excluding carboxylic acids is 1. The highest BCUT2D eigenvalue weighted by Gasteiger charge is 2.32. The number of hydrogen-bond acceptors (Lipinski definition) is 5. The van der Waals surface area contributed by atoms with Crippen LogP contribution in [0.1, 0.15) is 43.2 Å². The second-order valence-corrected chi connectivity index (χ2v) is 8.39. The minimum absolute atomic E-state index is 0.0400. The van der Waals surface area contributed by atoms with Gasteiger partial charge in [0.2, 0.25) is 0 Å². The maximum absolute atomic E-state index is 12.3. The number of carbonyl (C=O) groups is 1. The molecule has 156 valence electrons. The number of piperidine rings is 2. The van der Waals surface area contributed by atoms with E-state index < -0.39 is 0 Å². The Morgan fingerprint density at radius 1 is 1.17 bits per heavy atom. The van der Waals surface area contributed by atoms with Crippen molar-refractivity contribution in [1.29, 1.82) is 0 Å². The first-order valence-electron chi connectivity index (χ1n) is 10.7. The zero-order chi connectivity index (χ0) is 20.4. The Kier molecular flexibility index (Phi) is 5.90. The van der Waals surface area contributed by atoms with Gasteiger partial charge in [0.1, 0.15) is 11.3 Å². The van der Waals surface area contributed by atoms with E-state index in [2.05, 4.69) is 10.2 Å². The van der Waals surface area contributed by atoms with Crippen LogP contribution in [-0.2, 0) is 4.79 Å². The van der Waals surface area contributed by atoms with E-state index in [1.807, 2.05) is 19.1 Å². The van der Waals surface area contributed by atoms with Crippen molar-refractivity contribution in [3.63, 3.8) is 0 Å². The molecule has 0 spiro atoms. The van der Waals surface area contributed by atoms with Gasteiger partial charge in [-0.25, -0.2) is 4.79 Å². The highest BCUT2D eigenvalue weighted by Crippen LogP contribution is 2.30.